The van der Waals surface area contributed by atoms with Crippen LogP contribution >= 0.6 is 11.3 Å². The fourth-order valence-electron chi connectivity index (χ4n) is 2.41. The van der Waals surface area contributed by atoms with Crippen molar-refractivity contribution in [2.45, 2.75) is 38.6 Å². The Kier molecular flexibility index (Phi) is 4.32. The Labute approximate surface area is 101 Å². The van der Waals surface area contributed by atoms with Gasteiger partial charge in [-0.1, -0.05) is 6.92 Å². The van der Waals surface area contributed by atoms with Crippen LogP contribution < -0.4 is 0 Å². The first kappa shape index (κ1) is 12.0. The van der Waals surface area contributed by atoms with Gasteiger partial charge in [0.2, 0.25) is 0 Å². The maximum absolute atomic E-state index is 8.86. The molecular formula is C12H20N2OS. The molecule has 1 aliphatic heterocycles. The molecule has 0 radical (unpaired) electrons. The van der Waals surface area contributed by atoms with Gasteiger partial charge in [0.25, 0.3) is 0 Å². The summed E-state index contributed by atoms with van der Waals surface area (Å²) in [6.07, 6.45) is 6.39. The quantitative estimate of drug-likeness (QED) is 0.851. The van der Waals surface area contributed by atoms with E-state index in [-0.39, 0.29) is 6.61 Å². The van der Waals surface area contributed by atoms with Gasteiger partial charge in [-0.2, -0.15) is 0 Å². The van der Waals surface area contributed by atoms with Crippen molar-refractivity contribution in [3.8, 4) is 0 Å². The maximum atomic E-state index is 8.86. The Bertz CT molecular complexity index is 327. The fraction of sp³-hybridized carbons (Fsp3) is 0.750. The Morgan fingerprint density at radius 3 is 3.25 bits per heavy atom. The molecule has 1 aromatic heterocycles. The molecule has 1 saturated heterocycles. The van der Waals surface area contributed by atoms with E-state index in [1.54, 1.807) is 11.3 Å². The second kappa shape index (κ2) is 5.75. The number of rotatable bonds is 5. The molecule has 0 saturated carbocycles. The molecule has 1 aromatic rings. The molecule has 90 valence electrons. The third-order valence-electron chi connectivity index (χ3n) is 3.28. The van der Waals surface area contributed by atoms with Gasteiger partial charge >= 0.3 is 0 Å². The molecule has 0 bridgehead atoms. The number of hydrogen-bond acceptors (Lipinski definition) is 4. The lowest BCUT2D eigenvalue weighted by atomic mass is 10.1. The Morgan fingerprint density at radius 1 is 1.62 bits per heavy atom. The molecule has 1 N–H and O–H groups in total. The summed E-state index contributed by atoms with van der Waals surface area (Å²) < 4.78 is 0. The number of aliphatic hydroxyl groups is 1. The van der Waals surface area contributed by atoms with Crippen LogP contribution in [0.4, 0.5) is 0 Å². The maximum Gasteiger partial charge on any atom is 0.0943 e. The molecule has 0 aromatic carbocycles. The van der Waals surface area contributed by atoms with Crippen LogP contribution in [0.5, 0.6) is 0 Å². The van der Waals surface area contributed by atoms with Crippen molar-refractivity contribution in [1.29, 1.82) is 0 Å². The fourth-order valence-corrected chi connectivity index (χ4v) is 3.39. The molecule has 1 unspecified atom stereocenters. The normalized spacial score (nSPS) is 21.8. The van der Waals surface area contributed by atoms with Crippen LogP contribution in [0.25, 0.3) is 0 Å². The highest BCUT2D eigenvalue weighted by molar-refractivity contribution is 7.11. The standard InChI is InChI=1S/C12H20N2OS/c1-2-14-6-3-4-10(14)8-12-13-9-11(16-12)5-7-15/h9-10,15H,2-8H2,1H3. The van der Waals surface area contributed by atoms with E-state index in [1.165, 1.54) is 29.3 Å². The summed E-state index contributed by atoms with van der Waals surface area (Å²) in [6.45, 7) is 4.86. The molecule has 16 heavy (non-hydrogen) atoms. The summed E-state index contributed by atoms with van der Waals surface area (Å²) >= 11 is 1.76. The first-order valence-electron chi connectivity index (χ1n) is 6.12. The van der Waals surface area contributed by atoms with Gasteiger partial charge in [0.05, 0.1) is 5.01 Å². The lowest BCUT2D eigenvalue weighted by molar-refractivity contribution is 0.266. The Balaban J connectivity index is 1.92. The zero-order valence-electron chi connectivity index (χ0n) is 9.85. The summed E-state index contributed by atoms with van der Waals surface area (Å²) in [7, 11) is 0. The third kappa shape index (κ3) is 2.81. The molecule has 1 fully saturated rings. The highest BCUT2D eigenvalue weighted by Crippen LogP contribution is 2.23. The van der Waals surface area contributed by atoms with E-state index < -0.39 is 0 Å². The van der Waals surface area contributed by atoms with E-state index in [0.29, 0.717) is 6.04 Å². The molecule has 1 atom stereocenters. The average Bonchev–Trinajstić information content (AvgIpc) is 2.89. The van der Waals surface area contributed by atoms with Gasteiger partial charge in [0, 0.05) is 36.6 Å². The lowest BCUT2D eigenvalue weighted by Crippen LogP contribution is -2.30. The molecule has 1 aliphatic rings. The van der Waals surface area contributed by atoms with Crippen molar-refractivity contribution in [2.24, 2.45) is 0 Å². The van der Waals surface area contributed by atoms with Crippen molar-refractivity contribution in [1.82, 2.24) is 9.88 Å². The predicted molar refractivity (Wildman–Crippen MR) is 66.9 cm³/mol. The predicted octanol–water partition coefficient (Wildman–Crippen LogP) is 1.70. The van der Waals surface area contributed by atoms with Crippen LogP contribution in [0, 0.1) is 0 Å². The number of aromatic nitrogens is 1. The van der Waals surface area contributed by atoms with Crippen molar-refractivity contribution >= 4 is 11.3 Å². The zero-order valence-corrected chi connectivity index (χ0v) is 10.7. The van der Waals surface area contributed by atoms with Gasteiger partial charge in [-0.15, -0.1) is 11.3 Å². The lowest BCUT2D eigenvalue weighted by Gasteiger charge is -2.21. The topological polar surface area (TPSA) is 36.4 Å². The zero-order chi connectivity index (χ0) is 11.4. The number of nitrogens with zero attached hydrogens (tertiary/aromatic N) is 2. The van der Waals surface area contributed by atoms with E-state index in [4.69, 9.17) is 5.11 Å². The number of likely N-dealkylation sites (N-methyl/N-ethyl adjacent to an activating group) is 1. The third-order valence-corrected chi connectivity index (χ3v) is 4.35. The molecular weight excluding hydrogens is 220 g/mol. The minimum absolute atomic E-state index is 0.228. The molecule has 2 rings (SSSR count). The van der Waals surface area contributed by atoms with Crippen LogP contribution in [0.2, 0.25) is 0 Å². The second-order valence-corrected chi connectivity index (χ2v) is 5.52. The molecule has 0 aliphatic carbocycles. The Hall–Kier alpha value is -0.450. The van der Waals surface area contributed by atoms with E-state index in [1.807, 2.05) is 6.20 Å². The van der Waals surface area contributed by atoms with Gasteiger partial charge in [0.15, 0.2) is 0 Å². The van der Waals surface area contributed by atoms with E-state index in [9.17, 15) is 0 Å². The molecule has 3 nitrogen and oxygen atoms in total. The van der Waals surface area contributed by atoms with Gasteiger partial charge in [-0.25, -0.2) is 4.98 Å². The van der Waals surface area contributed by atoms with Gasteiger partial charge in [0.1, 0.15) is 0 Å². The van der Waals surface area contributed by atoms with Gasteiger partial charge in [-0.3, -0.25) is 0 Å². The molecule has 0 spiro atoms. The first-order chi connectivity index (χ1) is 7.83. The minimum Gasteiger partial charge on any atom is -0.396 e. The highest BCUT2D eigenvalue weighted by Gasteiger charge is 2.23. The van der Waals surface area contributed by atoms with Crippen molar-refractivity contribution in [3.05, 3.63) is 16.1 Å². The average molecular weight is 240 g/mol. The Morgan fingerprint density at radius 2 is 2.50 bits per heavy atom. The summed E-state index contributed by atoms with van der Waals surface area (Å²) in [4.78, 5) is 8.20. The summed E-state index contributed by atoms with van der Waals surface area (Å²) in [5.41, 5.74) is 0. The highest BCUT2D eigenvalue weighted by atomic mass is 32.1. The van der Waals surface area contributed by atoms with E-state index >= 15 is 0 Å². The number of hydrogen-bond donors (Lipinski definition) is 1. The SMILES string of the molecule is CCN1CCCC1Cc1ncc(CCO)s1. The molecule has 0 amide bonds. The summed E-state index contributed by atoms with van der Waals surface area (Å²) in [5.74, 6) is 0. The number of likely N-dealkylation sites (tertiary alicyclic amines) is 1. The summed E-state index contributed by atoms with van der Waals surface area (Å²) in [6, 6.07) is 0.693. The first-order valence-corrected chi connectivity index (χ1v) is 6.93. The number of thiazole rings is 1. The monoisotopic (exact) mass is 240 g/mol. The van der Waals surface area contributed by atoms with E-state index in [2.05, 4.69) is 16.8 Å². The largest absolute Gasteiger partial charge is 0.396 e. The van der Waals surface area contributed by atoms with Crippen LogP contribution in [0.15, 0.2) is 6.20 Å². The van der Waals surface area contributed by atoms with Crippen molar-refractivity contribution in [2.75, 3.05) is 19.7 Å². The molecule has 4 heteroatoms. The van der Waals surface area contributed by atoms with Gasteiger partial charge < -0.3 is 10.0 Å². The van der Waals surface area contributed by atoms with Crippen LogP contribution in [-0.4, -0.2) is 40.7 Å². The minimum atomic E-state index is 0.228. The smallest absolute Gasteiger partial charge is 0.0943 e. The number of aliphatic hydroxyl groups excluding tert-OH is 1. The van der Waals surface area contributed by atoms with Crippen molar-refractivity contribution < 1.29 is 5.11 Å². The molecule has 2 heterocycles. The van der Waals surface area contributed by atoms with Crippen LogP contribution in [0.1, 0.15) is 29.7 Å². The second-order valence-electron chi connectivity index (χ2n) is 4.32. The van der Waals surface area contributed by atoms with Crippen LogP contribution in [0.3, 0.4) is 0 Å². The summed E-state index contributed by atoms with van der Waals surface area (Å²) in [5, 5.41) is 10.1. The van der Waals surface area contributed by atoms with Crippen LogP contribution in [-0.2, 0) is 12.8 Å². The van der Waals surface area contributed by atoms with Crippen molar-refractivity contribution in [3.63, 3.8) is 0 Å². The van der Waals surface area contributed by atoms with E-state index in [0.717, 1.165) is 19.4 Å². The van der Waals surface area contributed by atoms with Gasteiger partial charge in [-0.05, 0) is 25.9 Å².